The van der Waals surface area contributed by atoms with Crippen molar-refractivity contribution < 1.29 is 14.3 Å². The summed E-state index contributed by atoms with van der Waals surface area (Å²) in [5.74, 6) is 0.783. The van der Waals surface area contributed by atoms with Crippen molar-refractivity contribution in [1.29, 1.82) is 0 Å². The molecule has 154 valence electrons. The zero-order valence-corrected chi connectivity index (χ0v) is 19.6. The van der Waals surface area contributed by atoms with Crippen LogP contribution in [0.5, 0.6) is 11.5 Å². The summed E-state index contributed by atoms with van der Waals surface area (Å²) in [7, 11) is 0. The van der Waals surface area contributed by atoms with Crippen LogP contribution in [-0.2, 0) is 11.4 Å². The van der Waals surface area contributed by atoms with Gasteiger partial charge in [0.15, 0.2) is 6.61 Å². The zero-order valence-electron chi connectivity index (χ0n) is 15.6. The first-order valence-corrected chi connectivity index (χ1v) is 10.8. The maximum Gasteiger partial charge on any atom is 0.277 e. The molecule has 0 aliphatic rings. The second-order valence-electron chi connectivity index (χ2n) is 6.12. The van der Waals surface area contributed by atoms with Gasteiger partial charge >= 0.3 is 0 Å². The first-order chi connectivity index (χ1) is 14.5. The lowest BCUT2D eigenvalue weighted by Gasteiger charge is -2.12. The molecule has 3 aromatic rings. The van der Waals surface area contributed by atoms with E-state index in [-0.39, 0.29) is 12.5 Å². The molecule has 0 aliphatic carbocycles. The monoisotopic (exact) mass is 550 g/mol. The quantitative estimate of drug-likeness (QED) is 0.277. The molecular weight excluding hydrogens is 536 g/mol. The first-order valence-electron chi connectivity index (χ1n) is 8.87. The Morgan fingerprint density at radius 2 is 1.77 bits per heavy atom. The number of nitrogens with one attached hydrogen (secondary N) is 1. The predicted octanol–water partition coefficient (Wildman–Crippen LogP) is 5.97. The van der Waals surface area contributed by atoms with Gasteiger partial charge in [0.25, 0.3) is 5.91 Å². The van der Waals surface area contributed by atoms with E-state index < -0.39 is 0 Å². The summed E-state index contributed by atoms with van der Waals surface area (Å²) in [6.45, 7) is 0.238. The van der Waals surface area contributed by atoms with E-state index >= 15 is 0 Å². The largest absolute Gasteiger partial charge is 0.487 e. The average molecular weight is 553 g/mol. The van der Waals surface area contributed by atoms with Crippen LogP contribution in [-0.4, -0.2) is 18.7 Å². The number of carbonyl (C=O) groups excluding carboxylic acids is 1. The van der Waals surface area contributed by atoms with Crippen LogP contribution in [0, 0.1) is 0 Å². The second kappa shape index (κ2) is 11.2. The van der Waals surface area contributed by atoms with Crippen molar-refractivity contribution in [3.05, 3.63) is 91.8 Å². The topological polar surface area (TPSA) is 59.9 Å². The molecule has 0 bridgehead atoms. The molecule has 0 fully saturated rings. The third-order valence-corrected chi connectivity index (χ3v) is 5.14. The molecule has 8 heteroatoms. The van der Waals surface area contributed by atoms with E-state index in [1.807, 2.05) is 42.5 Å². The van der Waals surface area contributed by atoms with Crippen molar-refractivity contribution in [1.82, 2.24) is 5.43 Å². The smallest absolute Gasteiger partial charge is 0.277 e. The Morgan fingerprint density at radius 3 is 2.50 bits per heavy atom. The number of benzene rings is 3. The number of hydrazone groups is 1. The normalized spacial score (nSPS) is 10.8. The SMILES string of the molecule is O=C(COc1ccc(Cl)cc1)N/N=C\c1cc(Br)cc(Br)c1OCc1ccccc1. The van der Waals surface area contributed by atoms with Crippen LogP contribution in [0.4, 0.5) is 0 Å². The Balaban J connectivity index is 1.60. The average Bonchev–Trinajstić information content (AvgIpc) is 2.73. The van der Waals surface area contributed by atoms with Gasteiger partial charge in [-0.3, -0.25) is 4.79 Å². The van der Waals surface area contributed by atoms with E-state index in [0.717, 1.165) is 14.5 Å². The van der Waals surface area contributed by atoms with E-state index in [0.29, 0.717) is 28.7 Å². The van der Waals surface area contributed by atoms with Crippen molar-refractivity contribution in [2.45, 2.75) is 6.61 Å². The van der Waals surface area contributed by atoms with Gasteiger partial charge in [0.2, 0.25) is 0 Å². The number of ether oxygens (including phenoxy) is 2. The lowest BCUT2D eigenvalue weighted by molar-refractivity contribution is -0.123. The van der Waals surface area contributed by atoms with Crippen LogP contribution in [0.2, 0.25) is 5.02 Å². The molecule has 0 radical (unpaired) electrons. The zero-order chi connectivity index (χ0) is 21.3. The van der Waals surface area contributed by atoms with Crippen molar-refractivity contribution in [2.24, 2.45) is 5.10 Å². The number of carbonyl (C=O) groups is 1. The van der Waals surface area contributed by atoms with Crippen LogP contribution in [0.1, 0.15) is 11.1 Å². The highest BCUT2D eigenvalue weighted by atomic mass is 79.9. The van der Waals surface area contributed by atoms with Crippen LogP contribution < -0.4 is 14.9 Å². The summed E-state index contributed by atoms with van der Waals surface area (Å²) in [4.78, 5) is 12.0. The van der Waals surface area contributed by atoms with Crippen LogP contribution in [0.3, 0.4) is 0 Å². The number of amides is 1. The van der Waals surface area contributed by atoms with Gasteiger partial charge in [-0.15, -0.1) is 0 Å². The molecular formula is C22H17Br2ClN2O3. The van der Waals surface area contributed by atoms with E-state index in [1.165, 1.54) is 6.21 Å². The number of hydrogen-bond acceptors (Lipinski definition) is 4. The summed E-state index contributed by atoms with van der Waals surface area (Å²) in [6, 6.07) is 20.3. The van der Waals surface area contributed by atoms with Crippen LogP contribution in [0.15, 0.2) is 80.8 Å². The number of hydrogen-bond donors (Lipinski definition) is 1. The second-order valence-corrected chi connectivity index (χ2v) is 8.32. The molecule has 3 aromatic carbocycles. The van der Waals surface area contributed by atoms with Crippen molar-refractivity contribution in [2.75, 3.05) is 6.61 Å². The van der Waals surface area contributed by atoms with Crippen molar-refractivity contribution in [3.8, 4) is 11.5 Å². The Bertz CT molecular complexity index is 1030. The van der Waals surface area contributed by atoms with Gasteiger partial charge < -0.3 is 9.47 Å². The summed E-state index contributed by atoms with van der Waals surface area (Å²) in [6.07, 6.45) is 1.52. The highest BCUT2D eigenvalue weighted by Gasteiger charge is 2.10. The molecule has 0 saturated heterocycles. The number of halogens is 3. The highest BCUT2D eigenvalue weighted by molar-refractivity contribution is 9.11. The molecule has 0 aromatic heterocycles. The van der Waals surface area contributed by atoms with E-state index in [9.17, 15) is 4.79 Å². The van der Waals surface area contributed by atoms with Gasteiger partial charge in [0, 0.05) is 15.1 Å². The lowest BCUT2D eigenvalue weighted by Crippen LogP contribution is -2.24. The van der Waals surface area contributed by atoms with Gasteiger partial charge in [-0.1, -0.05) is 57.9 Å². The van der Waals surface area contributed by atoms with Crippen LogP contribution in [0.25, 0.3) is 0 Å². The van der Waals surface area contributed by atoms with E-state index in [2.05, 4.69) is 42.4 Å². The standard InChI is InChI=1S/C22H17Br2ClN2O3/c23-17-10-16(22(20(24)11-17)30-13-15-4-2-1-3-5-15)12-26-27-21(28)14-29-19-8-6-18(25)7-9-19/h1-12H,13-14H2,(H,27,28)/b26-12-. The fourth-order valence-corrected chi connectivity index (χ4v) is 3.94. The Hall–Kier alpha value is -2.35. The highest BCUT2D eigenvalue weighted by Crippen LogP contribution is 2.32. The Morgan fingerprint density at radius 1 is 1.03 bits per heavy atom. The van der Waals surface area contributed by atoms with Gasteiger partial charge in [-0.2, -0.15) is 5.10 Å². The van der Waals surface area contributed by atoms with Gasteiger partial charge in [-0.05, 0) is 57.9 Å². The molecule has 30 heavy (non-hydrogen) atoms. The van der Waals surface area contributed by atoms with Gasteiger partial charge in [-0.25, -0.2) is 5.43 Å². The van der Waals surface area contributed by atoms with E-state index in [4.69, 9.17) is 21.1 Å². The summed E-state index contributed by atoms with van der Waals surface area (Å²) < 4.78 is 13.0. The molecule has 0 atom stereocenters. The molecule has 0 spiro atoms. The maximum atomic E-state index is 12.0. The molecule has 1 N–H and O–H groups in total. The Labute approximate surface area is 196 Å². The van der Waals surface area contributed by atoms with Crippen LogP contribution >= 0.6 is 43.5 Å². The molecule has 0 unspecified atom stereocenters. The molecule has 0 aliphatic heterocycles. The third-order valence-electron chi connectivity index (χ3n) is 3.84. The van der Waals surface area contributed by atoms with Gasteiger partial charge in [0.1, 0.15) is 18.1 Å². The first kappa shape index (κ1) is 22.3. The van der Waals surface area contributed by atoms with Crippen molar-refractivity contribution in [3.63, 3.8) is 0 Å². The van der Waals surface area contributed by atoms with Gasteiger partial charge in [0.05, 0.1) is 10.7 Å². The summed E-state index contributed by atoms with van der Waals surface area (Å²) >= 11 is 12.8. The fourth-order valence-electron chi connectivity index (χ4n) is 2.44. The number of nitrogens with zero attached hydrogens (tertiary/aromatic N) is 1. The minimum atomic E-state index is -0.387. The minimum absolute atomic E-state index is 0.168. The van der Waals surface area contributed by atoms with Crippen molar-refractivity contribution >= 4 is 55.6 Å². The predicted molar refractivity (Wildman–Crippen MR) is 125 cm³/mol. The molecule has 3 rings (SSSR count). The Kier molecular flexibility index (Phi) is 8.30. The third kappa shape index (κ3) is 6.86. The maximum absolute atomic E-state index is 12.0. The number of rotatable bonds is 8. The summed E-state index contributed by atoms with van der Waals surface area (Å²) in [5, 5.41) is 4.62. The minimum Gasteiger partial charge on any atom is -0.487 e. The molecule has 0 heterocycles. The molecule has 1 amide bonds. The summed E-state index contributed by atoms with van der Waals surface area (Å²) in [5.41, 5.74) is 4.19. The molecule has 5 nitrogen and oxygen atoms in total. The van der Waals surface area contributed by atoms with E-state index in [1.54, 1.807) is 24.3 Å². The fraction of sp³-hybridized carbons (Fsp3) is 0.0909. The lowest BCUT2D eigenvalue weighted by atomic mass is 10.2. The molecule has 0 saturated carbocycles.